The molecule has 106 valence electrons. The summed E-state index contributed by atoms with van der Waals surface area (Å²) in [5.41, 5.74) is 2.93. The second-order valence-corrected chi connectivity index (χ2v) is 6.99. The average molecular weight is 281 g/mol. The predicted molar refractivity (Wildman–Crippen MR) is 82.8 cm³/mol. The van der Waals surface area contributed by atoms with Gasteiger partial charge in [-0.3, -0.25) is 4.90 Å². The van der Waals surface area contributed by atoms with Gasteiger partial charge in [0.15, 0.2) is 0 Å². The first kappa shape index (κ1) is 14.8. The van der Waals surface area contributed by atoms with Crippen molar-refractivity contribution in [1.29, 1.82) is 0 Å². The number of rotatable bonds is 2. The molecular weight excluding hydrogens is 256 g/mol. The van der Waals surface area contributed by atoms with Crippen molar-refractivity contribution in [3.05, 3.63) is 34.3 Å². The summed E-state index contributed by atoms with van der Waals surface area (Å²) in [6.45, 7) is 13.5. The summed E-state index contributed by atoms with van der Waals surface area (Å²) in [4.78, 5) is 2.60. The van der Waals surface area contributed by atoms with Crippen LogP contribution in [0.1, 0.15) is 37.9 Å². The van der Waals surface area contributed by atoms with Crippen molar-refractivity contribution in [2.45, 2.75) is 33.7 Å². The molecule has 1 N–H and O–H groups in total. The van der Waals surface area contributed by atoms with Crippen LogP contribution < -0.4 is 5.32 Å². The fraction of sp³-hybridized carbons (Fsp3) is 0.625. The zero-order valence-corrected chi connectivity index (χ0v) is 13.2. The summed E-state index contributed by atoms with van der Waals surface area (Å²) in [6, 6.07) is 6.75. The number of nitrogens with zero attached hydrogens (tertiary/aromatic N) is 1. The van der Waals surface area contributed by atoms with Crippen molar-refractivity contribution in [3.63, 3.8) is 0 Å². The van der Waals surface area contributed by atoms with Crippen molar-refractivity contribution < 1.29 is 0 Å². The molecule has 2 nitrogen and oxygen atoms in total. The number of piperazine rings is 1. The normalized spacial score (nSPS) is 19.4. The standard InChI is InChI=1S/C16H25ClN2/c1-12-11-13(17)5-6-14(12)15(16(2,3)4)19-9-7-18-8-10-19/h5-6,11,15,18H,7-10H2,1-4H3/t15-/m1/s1. The highest BCUT2D eigenvalue weighted by Crippen LogP contribution is 2.39. The first-order valence-electron chi connectivity index (χ1n) is 7.10. The molecule has 2 rings (SSSR count). The van der Waals surface area contributed by atoms with Crippen LogP contribution >= 0.6 is 11.6 Å². The molecule has 1 aromatic rings. The van der Waals surface area contributed by atoms with E-state index in [1.54, 1.807) is 0 Å². The molecule has 0 unspecified atom stereocenters. The van der Waals surface area contributed by atoms with Gasteiger partial charge < -0.3 is 5.32 Å². The van der Waals surface area contributed by atoms with Gasteiger partial charge in [-0.15, -0.1) is 0 Å². The van der Waals surface area contributed by atoms with Gasteiger partial charge in [-0.1, -0.05) is 38.4 Å². The Morgan fingerprint density at radius 3 is 2.37 bits per heavy atom. The molecule has 19 heavy (non-hydrogen) atoms. The van der Waals surface area contributed by atoms with E-state index in [-0.39, 0.29) is 5.41 Å². The lowest BCUT2D eigenvalue weighted by molar-refractivity contribution is 0.0857. The summed E-state index contributed by atoms with van der Waals surface area (Å²) >= 11 is 6.10. The number of aryl methyl sites for hydroxylation is 1. The van der Waals surface area contributed by atoms with Crippen LogP contribution in [-0.2, 0) is 0 Å². The van der Waals surface area contributed by atoms with Crippen molar-refractivity contribution in [2.24, 2.45) is 5.41 Å². The molecule has 0 aliphatic carbocycles. The molecule has 1 aromatic carbocycles. The Morgan fingerprint density at radius 2 is 1.84 bits per heavy atom. The van der Waals surface area contributed by atoms with Crippen LogP contribution in [0.15, 0.2) is 18.2 Å². The minimum absolute atomic E-state index is 0.218. The van der Waals surface area contributed by atoms with Gasteiger partial charge in [0, 0.05) is 37.2 Å². The molecule has 1 aliphatic rings. The van der Waals surface area contributed by atoms with Crippen LogP contribution in [0.3, 0.4) is 0 Å². The van der Waals surface area contributed by atoms with E-state index >= 15 is 0 Å². The van der Waals surface area contributed by atoms with Gasteiger partial charge in [-0.2, -0.15) is 0 Å². The lowest BCUT2D eigenvalue weighted by Gasteiger charge is -2.43. The zero-order valence-electron chi connectivity index (χ0n) is 12.5. The van der Waals surface area contributed by atoms with E-state index in [1.807, 2.05) is 6.07 Å². The number of halogens is 1. The summed E-state index contributed by atoms with van der Waals surface area (Å²) < 4.78 is 0. The van der Waals surface area contributed by atoms with E-state index in [4.69, 9.17) is 11.6 Å². The van der Waals surface area contributed by atoms with Gasteiger partial charge in [0.2, 0.25) is 0 Å². The van der Waals surface area contributed by atoms with Crippen molar-refractivity contribution >= 4 is 11.6 Å². The molecule has 0 spiro atoms. The van der Waals surface area contributed by atoms with E-state index < -0.39 is 0 Å². The zero-order chi connectivity index (χ0) is 14.0. The molecule has 1 saturated heterocycles. The Bertz CT molecular complexity index is 431. The Hall–Kier alpha value is -0.570. The lowest BCUT2D eigenvalue weighted by atomic mass is 9.79. The third-order valence-electron chi connectivity index (χ3n) is 3.86. The summed E-state index contributed by atoms with van der Waals surface area (Å²) in [7, 11) is 0. The summed E-state index contributed by atoms with van der Waals surface area (Å²) in [6.07, 6.45) is 0. The van der Waals surface area contributed by atoms with Crippen LogP contribution in [0, 0.1) is 12.3 Å². The minimum atomic E-state index is 0.218. The van der Waals surface area contributed by atoms with Gasteiger partial charge in [0.1, 0.15) is 0 Å². The van der Waals surface area contributed by atoms with Crippen molar-refractivity contribution in [1.82, 2.24) is 10.2 Å². The highest BCUT2D eigenvalue weighted by Gasteiger charge is 2.33. The van der Waals surface area contributed by atoms with Gasteiger partial charge in [-0.25, -0.2) is 0 Å². The third kappa shape index (κ3) is 3.50. The molecule has 1 fully saturated rings. The van der Waals surface area contributed by atoms with Crippen molar-refractivity contribution in [3.8, 4) is 0 Å². The Labute approximate surface area is 122 Å². The fourth-order valence-electron chi connectivity index (χ4n) is 3.10. The maximum Gasteiger partial charge on any atom is 0.0408 e. The molecule has 0 radical (unpaired) electrons. The van der Waals surface area contributed by atoms with E-state index in [1.165, 1.54) is 11.1 Å². The number of benzene rings is 1. The van der Waals surface area contributed by atoms with E-state index in [0.29, 0.717) is 6.04 Å². The third-order valence-corrected chi connectivity index (χ3v) is 4.10. The molecular formula is C16H25ClN2. The molecule has 1 atom stereocenters. The largest absolute Gasteiger partial charge is 0.314 e. The maximum absolute atomic E-state index is 6.10. The molecule has 1 heterocycles. The number of hydrogen-bond donors (Lipinski definition) is 1. The number of nitrogens with one attached hydrogen (secondary N) is 1. The lowest BCUT2D eigenvalue weighted by Crippen LogP contribution is -2.48. The maximum atomic E-state index is 6.10. The van der Waals surface area contributed by atoms with Gasteiger partial charge in [0.25, 0.3) is 0 Å². The highest BCUT2D eigenvalue weighted by atomic mass is 35.5. The predicted octanol–water partition coefficient (Wildman–Crippen LogP) is 3.64. The average Bonchev–Trinajstić information content (AvgIpc) is 2.32. The minimum Gasteiger partial charge on any atom is -0.314 e. The Morgan fingerprint density at radius 1 is 1.21 bits per heavy atom. The van der Waals surface area contributed by atoms with Crippen LogP contribution in [0.2, 0.25) is 5.02 Å². The van der Waals surface area contributed by atoms with Crippen LogP contribution in [0.4, 0.5) is 0 Å². The summed E-state index contributed by atoms with van der Waals surface area (Å²) in [5, 5.41) is 4.26. The van der Waals surface area contributed by atoms with Crippen LogP contribution in [-0.4, -0.2) is 31.1 Å². The monoisotopic (exact) mass is 280 g/mol. The fourth-order valence-corrected chi connectivity index (χ4v) is 3.32. The van der Waals surface area contributed by atoms with E-state index in [9.17, 15) is 0 Å². The topological polar surface area (TPSA) is 15.3 Å². The SMILES string of the molecule is Cc1cc(Cl)ccc1[C@@H](N1CCNCC1)C(C)(C)C. The molecule has 0 saturated carbocycles. The van der Waals surface area contributed by atoms with Crippen LogP contribution in [0.25, 0.3) is 0 Å². The molecule has 0 aromatic heterocycles. The first-order chi connectivity index (χ1) is 8.89. The van der Waals surface area contributed by atoms with Crippen LogP contribution in [0.5, 0.6) is 0 Å². The highest BCUT2D eigenvalue weighted by molar-refractivity contribution is 6.30. The van der Waals surface area contributed by atoms with Gasteiger partial charge in [0.05, 0.1) is 0 Å². The van der Waals surface area contributed by atoms with E-state index in [2.05, 4.69) is 50.0 Å². The second-order valence-electron chi connectivity index (χ2n) is 6.56. The molecule has 0 amide bonds. The molecule has 0 bridgehead atoms. The quantitative estimate of drug-likeness (QED) is 0.890. The van der Waals surface area contributed by atoms with E-state index in [0.717, 1.165) is 31.2 Å². The van der Waals surface area contributed by atoms with Gasteiger partial charge >= 0.3 is 0 Å². The Kier molecular flexibility index (Phi) is 4.54. The summed E-state index contributed by atoms with van der Waals surface area (Å²) in [5.74, 6) is 0. The first-order valence-corrected chi connectivity index (χ1v) is 7.48. The van der Waals surface area contributed by atoms with Gasteiger partial charge in [-0.05, 0) is 35.6 Å². The molecule has 3 heteroatoms. The Balaban J connectivity index is 2.36. The smallest absolute Gasteiger partial charge is 0.0408 e. The van der Waals surface area contributed by atoms with Crippen molar-refractivity contribution in [2.75, 3.05) is 26.2 Å². The second kappa shape index (κ2) is 5.82. The molecule has 1 aliphatic heterocycles. The number of hydrogen-bond acceptors (Lipinski definition) is 2.